The molecule has 1 aliphatic rings. The van der Waals surface area contributed by atoms with Gasteiger partial charge in [0.1, 0.15) is 6.61 Å². The first-order chi connectivity index (χ1) is 11.4. The SMILES string of the molecule is CCSCCOC(=O)C1=C(C)NC(=O)N[C@@H]1c1ccc(Cl)cc1Cl. The predicted molar refractivity (Wildman–Crippen MR) is 97.5 cm³/mol. The Morgan fingerprint density at radius 1 is 1.38 bits per heavy atom. The summed E-state index contributed by atoms with van der Waals surface area (Å²) in [5.41, 5.74) is 1.37. The zero-order chi connectivity index (χ0) is 17.7. The van der Waals surface area contributed by atoms with Gasteiger partial charge in [-0.1, -0.05) is 36.2 Å². The molecule has 130 valence electrons. The highest BCUT2D eigenvalue weighted by molar-refractivity contribution is 7.99. The fourth-order valence-electron chi connectivity index (χ4n) is 2.35. The number of halogens is 2. The number of ether oxygens (including phenoxy) is 1. The molecule has 0 saturated carbocycles. The van der Waals surface area contributed by atoms with Crippen LogP contribution in [0.1, 0.15) is 25.5 Å². The van der Waals surface area contributed by atoms with Gasteiger partial charge in [0.05, 0.1) is 11.6 Å². The van der Waals surface area contributed by atoms with Crippen LogP contribution in [0.5, 0.6) is 0 Å². The van der Waals surface area contributed by atoms with Crippen LogP contribution < -0.4 is 10.6 Å². The van der Waals surface area contributed by atoms with Gasteiger partial charge in [0.25, 0.3) is 0 Å². The summed E-state index contributed by atoms with van der Waals surface area (Å²) in [6.07, 6.45) is 0. The van der Waals surface area contributed by atoms with E-state index in [-0.39, 0.29) is 0 Å². The van der Waals surface area contributed by atoms with Crippen LogP contribution in [0.4, 0.5) is 4.79 Å². The van der Waals surface area contributed by atoms with Crippen molar-refractivity contribution in [2.75, 3.05) is 18.1 Å². The van der Waals surface area contributed by atoms with Crippen LogP contribution in [-0.4, -0.2) is 30.1 Å². The molecule has 0 aromatic heterocycles. The molecular formula is C16H18Cl2N2O3S. The second-order valence-corrected chi connectivity index (χ2v) is 7.31. The van der Waals surface area contributed by atoms with Gasteiger partial charge >= 0.3 is 12.0 Å². The molecule has 0 unspecified atom stereocenters. The molecule has 1 aliphatic heterocycles. The van der Waals surface area contributed by atoms with Gasteiger partial charge in [-0.05, 0) is 30.4 Å². The number of hydrogen-bond acceptors (Lipinski definition) is 4. The van der Waals surface area contributed by atoms with E-state index in [0.29, 0.717) is 33.5 Å². The number of amides is 2. The van der Waals surface area contributed by atoms with Gasteiger partial charge in [-0.25, -0.2) is 9.59 Å². The number of nitrogens with one attached hydrogen (secondary N) is 2. The molecule has 0 saturated heterocycles. The summed E-state index contributed by atoms with van der Waals surface area (Å²) in [7, 11) is 0. The molecule has 8 heteroatoms. The summed E-state index contributed by atoms with van der Waals surface area (Å²) < 4.78 is 5.33. The number of urea groups is 1. The van der Waals surface area contributed by atoms with Crippen molar-refractivity contribution < 1.29 is 14.3 Å². The molecule has 1 atom stereocenters. The molecule has 2 N–H and O–H groups in total. The monoisotopic (exact) mass is 388 g/mol. The third-order valence-electron chi connectivity index (χ3n) is 3.43. The number of benzene rings is 1. The minimum atomic E-state index is -0.685. The first kappa shape index (κ1) is 19.0. The average Bonchev–Trinajstić information content (AvgIpc) is 2.50. The molecule has 0 spiro atoms. The lowest BCUT2D eigenvalue weighted by atomic mass is 9.95. The number of hydrogen-bond donors (Lipinski definition) is 2. The van der Waals surface area contributed by atoms with Crippen LogP contribution in [-0.2, 0) is 9.53 Å². The standard InChI is InChI=1S/C16H18Cl2N2O3S/c1-3-24-7-6-23-15(21)13-9(2)19-16(22)20-14(13)11-5-4-10(17)8-12(11)18/h4-5,8,14H,3,6-7H2,1-2H3,(H2,19,20,22)/t14-/m1/s1. The molecule has 0 bridgehead atoms. The van der Waals surface area contributed by atoms with Gasteiger partial charge in [-0.3, -0.25) is 0 Å². The highest BCUT2D eigenvalue weighted by atomic mass is 35.5. The molecule has 0 aliphatic carbocycles. The zero-order valence-electron chi connectivity index (χ0n) is 13.3. The van der Waals surface area contributed by atoms with Crippen molar-refractivity contribution in [2.24, 2.45) is 0 Å². The zero-order valence-corrected chi connectivity index (χ0v) is 15.6. The molecule has 1 aromatic carbocycles. The highest BCUT2D eigenvalue weighted by Gasteiger charge is 2.33. The van der Waals surface area contributed by atoms with Crippen molar-refractivity contribution in [3.63, 3.8) is 0 Å². The van der Waals surface area contributed by atoms with Gasteiger partial charge in [0.2, 0.25) is 0 Å². The molecule has 2 rings (SSSR count). The van der Waals surface area contributed by atoms with Crippen LogP contribution in [0.15, 0.2) is 29.5 Å². The summed E-state index contributed by atoms with van der Waals surface area (Å²) in [6.45, 7) is 4.01. The smallest absolute Gasteiger partial charge is 0.338 e. The number of thioether (sulfide) groups is 1. The molecule has 24 heavy (non-hydrogen) atoms. The number of rotatable bonds is 6. The topological polar surface area (TPSA) is 67.4 Å². The fourth-order valence-corrected chi connectivity index (χ4v) is 3.36. The van der Waals surface area contributed by atoms with Crippen molar-refractivity contribution in [2.45, 2.75) is 19.9 Å². The third kappa shape index (κ3) is 4.59. The summed E-state index contributed by atoms with van der Waals surface area (Å²) in [5, 5.41) is 6.16. The Morgan fingerprint density at radius 2 is 2.12 bits per heavy atom. The average molecular weight is 389 g/mol. The second kappa shape index (κ2) is 8.65. The van der Waals surface area contributed by atoms with E-state index in [2.05, 4.69) is 10.6 Å². The summed E-state index contributed by atoms with van der Waals surface area (Å²) in [6, 6.07) is 3.83. The van der Waals surface area contributed by atoms with Gasteiger partial charge < -0.3 is 15.4 Å². The molecule has 5 nitrogen and oxygen atoms in total. The normalized spacial score (nSPS) is 17.3. The number of carbonyl (C=O) groups excluding carboxylic acids is 2. The first-order valence-corrected chi connectivity index (χ1v) is 9.33. The van der Waals surface area contributed by atoms with E-state index in [4.69, 9.17) is 27.9 Å². The van der Waals surface area contributed by atoms with E-state index in [9.17, 15) is 9.59 Å². The maximum atomic E-state index is 12.5. The van der Waals surface area contributed by atoms with E-state index < -0.39 is 18.0 Å². The maximum Gasteiger partial charge on any atom is 0.338 e. The lowest BCUT2D eigenvalue weighted by molar-refractivity contribution is -0.138. The molecule has 1 heterocycles. The van der Waals surface area contributed by atoms with E-state index in [0.717, 1.165) is 11.5 Å². The Balaban J connectivity index is 2.28. The molecule has 0 fully saturated rings. The van der Waals surface area contributed by atoms with E-state index in [1.165, 1.54) is 0 Å². The van der Waals surface area contributed by atoms with Crippen LogP contribution in [0, 0.1) is 0 Å². The van der Waals surface area contributed by atoms with Gasteiger partial charge in [0.15, 0.2) is 0 Å². The van der Waals surface area contributed by atoms with Gasteiger partial charge in [-0.15, -0.1) is 0 Å². The van der Waals surface area contributed by atoms with E-state index in [1.807, 2.05) is 6.92 Å². The van der Waals surface area contributed by atoms with Crippen LogP contribution in [0.2, 0.25) is 10.0 Å². The van der Waals surface area contributed by atoms with Gasteiger partial charge in [0, 0.05) is 21.5 Å². The lowest BCUT2D eigenvalue weighted by Crippen LogP contribution is -2.45. The lowest BCUT2D eigenvalue weighted by Gasteiger charge is -2.28. The van der Waals surface area contributed by atoms with Crippen molar-refractivity contribution in [3.8, 4) is 0 Å². The minimum absolute atomic E-state index is 0.309. The van der Waals surface area contributed by atoms with Crippen molar-refractivity contribution in [1.29, 1.82) is 0 Å². The summed E-state index contributed by atoms with van der Waals surface area (Å²) in [4.78, 5) is 24.3. The fraction of sp³-hybridized carbons (Fsp3) is 0.375. The Bertz CT molecular complexity index is 679. The molecule has 0 radical (unpaired) electrons. The number of esters is 1. The summed E-state index contributed by atoms with van der Waals surface area (Å²) in [5.74, 6) is 1.20. The van der Waals surface area contributed by atoms with Crippen LogP contribution >= 0.6 is 35.0 Å². The number of carbonyl (C=O) groups is 2. The largest absolute Gasteiger partial charge is 0.461 e. The second-order valence-electron chi connectivity index (χ2n) is 5.07. The minimum Gasteiger partial charge on any atom is -0.461 e. The van der Waals surface area contributed by atoms with E-state index >= 15 is 0 Å². The van der Waals surface area contributed by atoms with Crippen LogP contribution in [0.3, 0.4) is 0 Å². The third-order valence-corrected chi connectivity index (χ3v) is 4.85. The first-order valence-electron chi connectivity index (χ1n) is 7.42. The maximum absolute atomic E-state index is 12.5. The quantitative estimate of drug-likeness (QED) is 0.572. The van der Waals surface area contributed by atoms with Crippen molar-refractivity contribution in [3.05, 3.63) is 45.1 Å². The van der Waals surface area contributed by atoms with Crippen LogP contribution in [0.25, 0.3) is 0 Å². The van der Waals surface area contributed by atoms with E-state index in [1.54, 1.807) is 36.9 Å². The predicted octanol–water partition coefficient (Wildman–Crippen LogP) is 3.92. The van der Waals surface area contributed by atoms with Gasteiger partial charge in [-0.2, -0.15) is 11.8 Å². The molecular weight excluding hydrogens is 371 g/mol. The Morgan fingerprint density at radius 3 is 2.79 bits per heavy atom. The number of allylic oxidation sites excluding steroid dienone is 1. The Labute approximate surface area is 155 Å². The Kier molecular flexibility index (Phi) is 6.83. The van der Waals surface area contributed by atoms with Crippen molar-refractivity contribution in [1.82, 2.24) is 10.6 Å². The van der Waals surface area contributed by atoms with Crippen molar-refractivity contribution >= 4 is 47.0 Å². The summed E-state index contributed by atoms with van der Waals surface area (Å²) >= 11 is 13.8. The molecule has 1 aromatic rings. The Hall–Kier alpha value is -1.37. The highest BCUT2D eigenvalue weighted by Crippen LogP contribution is 2.33. The molecule has 2 amide bonds.